The number of benzene rings is 2. The summed E-state index contributed by atoms with van der Waals surface area (Å²) >= 11 is 1.35. The van der Waals surface area contributed by atoms with Crippen molar-refractivity contribution < 1.29 is 14.2 Å². The Labute approximate surface area is 178 Å². The fraction of sp³-hybridized carbons (Fsp3) is 0.273. The second kappa shape index (κ2) is 8.31. The van der Waals surface area contributed by atoms with Crippen LogP contribution in [0.4, 0.5) is 5.69 Å². The molecule has 0 spiro atoms. The Kier molecular flexibility index (Phi) is 5.59. The molecule has 1 N–H and O–H groups in total. The minimum absolute atomic E-state index is 0.0169. The van der Waals surface area contributed by atoms with Gasteiger partial charge in [0.05, 0.1) is 18.4 Å². The van der Waals surface area contributed by atoms with Crippen molar-refractivity contribution in [2.45, 2.75) is 31.1 Å². The van der Waals surface area contributed by atoms with E-state index in [2.05, 4.69) is 10.1 Å². The predicted molar refractivity (Wildman–Crippen MR) is 116 cm³/mol. The molecule has 4 rings (SSSR count). The molecule has 0 radical (unpaired) electrons. The van der Waals surface area contributed by atoms with E-state index in [0.29, 0.717) is 28.5 Å². The molecule has 0 saturated heterocycles. The smallest absolute Gasteiger partial charge is 0.325 e. The van der Waals surface area contributed by atoms with E-state index in [1.807, 2.05) is 61.7 Å². The fourth-order valence-electron chi connectivity index (χ4n) is 3.74. The van der Waals surface area contributed by atoms with Gasteiger partial charge >= 0.3 is 11.3 Å². The normalized spacial score (nSPS) is 14.8. The van der Waals surface area contributed by atoms with E-state index in [-0.39, 0.29) is 11.5 Å². The van der Waals surface area contributed by atoms with Crippen LogP contribution in [0.5, 0.6) is 5.75 Å². The highest BCUT2D eigenvalue weighted by molar-refractivity contribution is 7.98. The fourth-order valence-corrected chi connectivity index (χ4v) is 4.11. The average Bonchev–Trinajstić information content (AvgIpc) is 2.77. The first kappa shape index (κ1) is 20.2. The van der Waals surface area contributed by atoms with Crippen LogP contribution in [0.25, 0.3) is 11.3 Å². The number of rotatable bonds is 5. The molecule has 0 fully saturated rings. The van der Waals surface area contributed by atoms with Crippen molar-refractivity contribution in [2.75, 3.05) is 18.3 Å². The van der Waals surface area contributed by atoms with Gasteiger partial charge in [-0.25, -0.2) is 4.90 Å². The van der Waals surface area contributed by atoms with Gasteiger partial charge < -0.3 is 4.74 Å². The predicted octanol–water partition coefficient (Wildman–Crippen LogP) is 3.15. The topological polar surface area (TPSA) is 79.2 Å². The van der Waals surface area contributed by atoms with Crippen LogP contribution in [0.15, 0.2) is 58.5 Å². The number of para-hydroxylation sites is 1. The number of methoxy groups -OCH3 is 1. The van der Waals surface area contributed by atoms with E-state index in [9.17, 15) is 9.59 Å². The number of ether oxygens (including phenoxy) is 1. The van der Waals surface area contributed by atoms with Crippen LogP contribution in [0.3, 0.4) is 0 Å². The molecule has 7 nitrogen and oxygen atoms in total. The molecular formula is C22H23N4O3S+. The molecule has 1 unspecified atom stereocenters. The lowest BCUT2D eigenvalue weighted by Gasteiger charge is -2.32. The molecule has 30 heavy (non-hydrogen) atoms. The summed E-state index contributed by atoms with van der Waals surface area (Å²) in [5.74, 6) is 0.701. The number of H-pyrrole nitrogens is 1. The number of anilines is 1. The number of aromatic nitrogens is 3. The zero-order chi connectivity index (χ0) is 21.3. The van der Waals surface area contributed by atoms with Crippen LogP contribution in [-0.4, -0.2) is 29.4 Å². The van der Waals surface area contributed by atoms with Gasteiger partial charge in [-0.15, -0.1) is 0 Å². The van der Waals surface area contributed by atoms with Crippen molar-refractivity contribution in [1.29, 1.82) is 0 Å². The van der Waals surface area contributed by atoms with E-state index in [1.54, 1.807) is 16.7 Å². The van der Waals surface area contributed by atoms with Gasteiger partial charge in [0.25, 0.3) is 6.17 Å². The molecule has 1 aliphatic rings. The Balaban J connectivity index is 2.02. The SMILES string of the molecule is CCCC(=O)N1c2ccccc2-c2c(=O)[nH]c(SC)n[n+]2C1c1ccc(OC)cc1. The van der Waals surface area contributed by atoms with Gasteiger partial charge in [-0.05, 0) is 53.8 Å². The van der Waals surface area contributed by atoms with Crippen LogP contribution >= 0.6 is 11.8 Å². The summed E-state index contributed by atoms with van der Waals surface area (Å²) in [6, 6.07) is 15.0. The minimum atomic E-state index is -0.576. The number of nitrogens with one attached hydrogen (secondary N) is 1. The highest BCUT2D eigenvalue weighted by Gasteiger charge is 2.45. The summed E-state index contributed by atoms with van der Waals surface area (Å²) < 4.78 is 6.96. The summed E-state index contributed by atoms with van der Waals surface area (Å²) in [6.07, 6.45) is 2.40. The van der Waals surface area contributed by atoms with Crippen LogP contribution < -0.4 is 19.9 Å². The maximum Gasteiger partial charge on any atom is 0.325 e. The second-order valence-corrected chi connectivity index (χ2v) is 7.73. The number of hydrogen-bond acceptors (Lipinski definition) is 5. The lowest BCUT2D eigenvalue weighted by atomic mass is 10.0. The number of hydrogen-bond donors (Lipinski definition) is 1. The highest BCUT2D eigenvalue weighted by atomic mass is 32.2. The Bertz CT molecular complexity index is 1140. The van der Waals surface area contributed by atoms with Crippen LogP contribution in [0.1, 0.15) is 31.5 Å². The number of carbonyl (C=O) groups is 1. The minimum Gasteiger partial charge on any atom is -0.497 e. The van der Waals surface area contributed by atoms with E-state index in [0.717, 1.165) is 17.7 Å². The van der Waals surface area contributed by atoms with Crippen molar-refractivity contribution in [3.05, 3.63) is 64.4 Å². The summed E-state index contributed by atoms with van der Waals surface area (Å²) in [5.41, 5.74) is 2.44. The van der Waals surface area contributed by atoms with E-state index < -0.39 is 6.17 Å². The Morgan fingerprint density at radius 2 is 1.97 bits per heavy atom. The number of fused-ring (bicyclic) bond motifs is 3. The van der Waals surface area contributed by atoms with Gasteiger partial charge in [-0.2, -0.15) is 0 Å². The number of amides is 1. The summed E-state index contributed by atoms with van der Waals surface area (Å²) in [5, 5.41) is 5.17. The van der Waals surface area contributed by atoms with Crippen molar-refractivity contribution in [2.24, 2.45) is 0 Å². The first-order valence-electron chi connectivity index (χ1n) is 9.74. The lowest BCUT2D eigenvalue weighted by Crippen LogP contribution is -2.60. The number of nitrogens with zero attached hydrogens (tertiary/aromatic N) is 3. The Morgan fingerprint density at radius 1 is 1.23 bits per heavy atom. The Hall–Kier alpha value is -3.13. The molecular weight excluding hydrogens is 400 g/mol. The third-order valence-electron chi connectivity index (χ3n) is 5.10. The van der Waals surface area contributed by atoms with Crippen LogP contribution in [-0.2, 0) is 4.79 Å². The van der Waals surface area contributed by atoms with Crippen molar-refractivity contribution in [3.63, 3.8) is 0 Å². The molecule has 2 aromatic carbocycles. The molecule has 8 heteroatoms. The zero-order valence-corrected chi connectivity index (χ0v) is 17.9. The van der Waals surface area contributed by atoms with Crippen molar-refractivity contribution >= 4 is 23.4 Å². The van der Waals surface area contributed by atoms with Crippen LogP contribution in [0, 0.1) is 0 Å². The van der Waals surface area contributed by atoms with E-state index >= 15 is 0 Å². The first-order chi connectivity index (χ1) is 14.6. The number of aromatic amines is 1. The van der Waals surface area contributed by atoms with Gasteiger partial charge in [0, 0.05) is 17.1 Å². The number of thioether (sulfide) groups is 1. The van der Waals surface area contributed by atoms with Crippen molar-refractivity contribution in [1.82, 2.24) is 10.1 Å². The first-order valence-corrected chi connectivity index (χ1v) is 11.0. The maximum atomic E-state index is 13.3. The standard InChI is InChI=1S/C22H22N4O3S/c1-4-7-18(27)25-17-9-6-5-8-16(17)19-20(28)23-22(30-3)24-26(19)21(25)14-10-12-15(29-2)13-11-14/h5-6,8-13,21H,4,7H2,1-3H3/p+1. The van der Waals surface area contributed by atoms with Gasteiger partial charge in [0.15, 0.2) is 0 Å². The Morgan fingerprint density at radius 3 is 2.63 bits per heavy atom. The molecule has 0 aliphatic carbocycles. The maximum absolute atomic E-state index is 13.3. The largest absolute Gasteiger partial charge is 0.497 e. The van der Waals surface area contributed by atoms with Crippen LogP contribution in [0.2, 0.25) is 0 Å². The lowest BCUT2D eigenvalue weighted by molar-refractivity contribution is -0.763. The molecule has 0 saturated carbocycles. The summed E-state index contributed by atoms with van der Waals surface area (Å²) in [7, 11) is 1.61. The van der Waals surface area contributed by atoms with Gasteiger partial charge in [-0.1, -0.05) is 30.8 Å². The summed E-state index contributed by atoms with van der Waals surface area (Å²) in [4.78, 5) is 30.9. The molecule has 3 aromatic rings. The van der Waals surface area contributed by atoms with Gasteiger partial charge in [0.1, 0.15) is 5.75 Å². The van der Waals surface area contributed by atoms with E-state index in [1.165, 1.54) is 11.8 Å². The molecule has 1 aliphatic heterocycles. The zero-order valence-electron chi connectivity index (χ0n) is 17.1. The molecule has 2 heterocycles. The third kappa shape index (κ3) is 3.37. The second-order valence-electron chi connectivity index (χ2n) is 6.93. The van der Waals surface area contributed by atoms with Gasteiger partial charge in [-0.3, -0.25) is 14.6 Å². The average molecular weight is 424 g/mol. The quantitative estimate of drug-likeness (QED) is 0.504. The van der Waals surface area contributed by atoms with Crippen molar-refractivity contribution in [3.8, 4) is 17.0 Å². The van der Waals surface area contributed by atoms with E-state index in [4.69, 9.17) is 4.74 Å². The molecule has 1 amide bonds. The monoisotopic (exact) mass is 423 g/mol. The molecule has 0 bridgehead atoms. The molecule has 1 atom stereocenters. The molecule has 154 valence electrons. The number of carbonyl (C=O) groups excluding carboxylic acids is 1. The van der Waals surface area contributed by atoms with Gasteiger partial charge in [0.2, 0.25) is 11.1 Å². The summed E-state index contributed by atoms with van der Waals surface area (Å²) in [6.45, 7) is 1.98. The highest BCUT2D eigenvalue weighted by Crippen LogP contribution is 2.37. The third-order valence-corrected chi connectivity index (χ3v) is 5.67. The molecule has 1 aromatic heterocycles.